The van der Waals surface area contributed by atoms with Crippen molar-refractivity contribution in [1.82, 2.24) is 9.97 Å². The predicted octanol–water partition coefficient (Wildman–Crippen LogP) is 4.59. The molecule has 0 aliphatic carbocycles. The topological polar surface area (TPSA) is 41.1 Å². The summed E-state index contributed by atoms with van der Waals surface area (Å²) < 4.78 is 0. The first-order valence-corrected chi connectivity index (χ1v) is 8.88. The van der Waals surface area contributed by atoms with Crippen LogP contribution in [-0.2, 0) is 0 Å². The van der Waals surface area contributed by atoms with Gasteiger partial charge in [-0.1, -0.05) is 37.3 Å². The van der Waals surface area contributed by atoms with E-state index in [0.717, 1.165) is 30.2 Å². The first-order valence-electron chi connectivity index (χ1n) is 8.88. The molecule has 128 valence electrons. The maximum atomic E-state index is 4.81. The molecule has 1 aliphatic heterocycles. The fourth-order valence-electron chi connectivity index (χ4n) is 3.14. The monoisotopic (exact) mass is 324 g/mol. The highest BCUT2D eigenvalue weighted by atomic mass is 15.2. The average Bonchev–Trinajstić information content (AvgIpc) is 2.54. The number of anilines is 2. The number of nitrogens with zero attached hydrogens (tertiary/aromatic N) is 3. The Hall–Kier alpha value is -2.10. The zero-order chi connectivity index (χ0) is 17.2. The van der Waals surface area contributed by atoms with Crippen LogP contribution in [0.2, 0.25) is 0 Å². The Labute approximate surface area is 145 Å². The molecule has 1 unspecified atom stereocenters. The maximum Gasteiger partial charge on any atom is 0.225 e. The summed E-state index contributed by atoms with van der Waals surface area (Å²) in [6.45, 7) is 10.9. The molecule has 0 saturated carbocycles. The molecule has 1 aromatic carbocycles. The molecule has 1 saturated heterocycles. The lowest BCUT2D eigenvalue weighted by Crippen LogP contribution is -2.35. The van der Waals surface area contributed by atoms with E-state index in [9.17, 15) is 0 Å². The lowest BCUT2D eigenvalue weighted by Gasteiger charge is -2.32. The molecule has 24 heavy (non-hydrogen) atoms. The number of nitrogens with one attached hydrogen (secondary N) is 1. The summed E-state index contributed by atoms with van der Waals surface area (Å²) >= 11 is 0. The van der Waals surface area contributed by atoms with Gasteiger partial charge in [0.2, 0.25) is 5.95 Å². The van der Waals surface area contributed by atoms with Crippen LogP contribution in [0.1, 0.15) is 40.5 Å². The quantitative estimate of drug-likeness (QED) is 0.896. The van der Waals surface area contributed by atoms with Crippen molar-refractivity contribution in [2.24, 2.45) is 5.92 Å². The van der Waals surface area contributed by atoms with Crippen LogP contribution in [0, 0.1) is 5.92 Å². The molecule has 0 radical (unpaired) electrons. The number of hydrogen-bond donors (Lipinski definition) is 1. The van der Waals surface area contributed by atoms with Crippen molar-refractivity contribution in [3.63, 3.8) is 0 Å². The van der Waals surface area contributed by atoms with Crippen LogP contribution in [0.4, 0.5) is 11.8 Å². The van der Waals surface area contributed by atoms with Crippen molar-refractivity contribution < 1.29 is 0 Å². The van der Waals surface area contributed by atoms with E-state index in [1.54, 1.807) is 0 Å². The van der Waals surface area contributed by atoms with Gasteiger partial charge in [0, 0.05) is 30.3 Å². The summed E-state index contributed by atoms with van der Waals surface area (Å²) in [5, 5.41) is 3.43. The Morgan fingerprint density at radius 3 is 2.54 bits per heavy atom. The molecule has 0 amide bonds. The number of benzene rings is 1. The van der Waals surface area contributed by atoms with E-state index in [0.29, 0.717) is 11.9 Å². The highest BCUT2D eigenvalue weighted by molar-refractivity contribution is 5.65. The molecule has 0 bridgehead atoms. The van der Waals surface area contributed by atoms with Gasteiger partial charge in [-0.15, -0.1) is 0 Å². The van der Waals surface area contributed by atoms with E-state index in [-0.39, 0.29) is 5.54 Å². The summed E-state index contributed by atoms with van der Waals surface area (Å²) in [7, 11) is 0. The summed E-state index contributed by atoms with van der Waals surface area (Å²) in [6, 6.07) is 12.5. The minimum absolute atomic E-state index is 0.0677. The van der Waals surface area contributed by atoms with Crippen molar-refractivity contribution in [3.05, 3.63) is 36.4 Å². The Morgan fingerprint density at radius 1 is 1.12 bits per heavy atom. The Balaban J connectivity index is 1.99. The summed E-state index contributed by atoms with van der Waals surface area (Å²) in [5.41, 5.74) is 2.04. The zero-order valence-electron chi connectivity index (χ0n) is 15.2. The van der Waals surface area contributed by atoms with Crippen LogP contribution >= 0.6 is 0 Å². The highest BCUT2D eigenvalue weighted by Gasteiger charge is 2.20. The molecule has 2 heterocycles. The zero-order valence-corrected chi connectivity index (χ0v) is 15.2. The largest absolute Gasteiger partial charge is 0.356 e. The molecule has 0 spiro atoms. The summed E-state index contributed by atoms with van der Waals surface area (Å²) in [5.74, 6) is 2.45. The molecule has 1 fully saturated rings. The number of piperidine rings is 1. The van der Waals surface area contributed by atoms with Crippen molar-refractivity contribution in [2.45, 2.75) is 46.1 Å². The van der Waals surface area contributed by atoms with Gasteiger partial charge in [-0.2, -0.15) is 4.98 Å². The molecule has 1 aliphatic rings. The first kappa shape index (κ1) is 16.7. The van der Waals surface area contributed by atoms with E-state index in [2.05, 4.69) is 68.2 Å². The molecule has 1 N–H and O–H groups in total. The van der Waals surface area contributed by atoms with Crippen molar-refractivity contribution >= 4 is 11.8 Å². The standard InChI is InChI=1S/C20H28N4/c1-15-9-8-12-24(14-15)18-13-17(16-10-6-5-7-11-16)21-19(22-18)23-20(2,3)4/h5-7,10-11,13,15H,8-9,12,14H2,1-4H3,(H,21,22,23). The number of aromatic nitrogens is 2. The van der Waals surface area contributed by atoms with E-state index < -0.39 is 0 Å². The molecule has 1 aromatic heterocycles. The second kappa shape index (κ2) is 6.80. The van der Waals surface area contributed by atoms with Crippen molar-refractivity contribution in [2.75, 3.05) is 23.3 Å². The maximum absolute atomic E-state index is 4.81. The second-order valence-corrected chi connectivity index (χ2v) is 7.87. The Morgan fingerprint density at radius 2 is 1.88 bits per heavy atom. The molecular formula is C20H28N4. The lowest BCUT2D eigenvalue weighted by molar-refractivity contribution is 0.444. The number of hydrogen-bond acceptors (Lipinski definition) is 4. The Kier molecular flexibility index (Phi) is 4.74. The van der Waals surface area contributed by atoms with Crippen LogP contribution in [0.3, 0.4) is 0 Å². The van der Waals surface area contributed by atoms with Crippen molar-refractivity contribution in [3.8, 4) is 11.3 Å². The van der Waals surface area contributed by atoms with Gasteiger partial charge in [0.25, 0.3) is 0 Å². The van der Waals surface area contributed by atoms with E-state index in [1.165, 1.54) is 12.8 Å². The summed E-state index contributed by atoms with van der Waals surface area (Å²) in [6.07, 6.45) is 2.54. The molecule has 2 aromatic rings. The third-order valence-corrected chi connectivity index (χ3v) is 4.25. The van der Waals surface area contributed by atoms with Gasteiger partial charge < -0.3 is 10.2 Å². The van der Waals surface area contributed by atoms with Crippen LogP contribution < -0.4 is 10.2 Å². The van der Waals surface area contributed by atoms with E-state index in [4.69, 9.17) is 9.97 Å². The van der Waals surface area contributed by atoms with Crippen LogP contribution in [0.25, 0.3) is 11.3 Å². The van der Waals surface area contributed by atoms with Gasteiger partial charge in [0.05, 0.1) is 5.69 Å². The molecule has 3 rings (SSSR count). The van der Waals surface area contributed by atoms with Gasteiger partial charge in [0.15, 0.2) is 0 Å². The van der Waals surface area contributed by atoms with Gasteiger partial charge >= 0.3 is 0 Å². The second-order valence-electron chi connectivity index (χ2n) is 7.87. The van der Waals surface area contributed by atoms with Gasteiger partial charge in [-0.3, -0.25) is 0 Å². The number of rotatable bonds is 3. The van der Waals surface area contributed by atoms with E-state index >= 15 is 0 Å². The van der Waals surface area contributed by atoms with Gasteiger partial charge in [-0.25, -0.2) is 4.98 Å². The van der Waals surface area contributed by atoms with E-state index in [1.807, 2.05) is 6.07 Å². The molecule has 4 nitrogen and oxygen atoms in total. The predicted molar refractivity (Wildman–Crippen MR) is 101 cm³/mol. The van der Waals surface area contributed by atoms with Crippen molar-refractivity contribution in [1.29, 1.82) is 0 Å². The molecular weight excluding hydrogens is 296 g/mol. The van der Waals surface area contributed by atoms with Crippen LogP contribution in [0.15, 0.2) is 36.4 Å². The summed E-state index contributed by atoms with van der Waals surface area (Å²) in [4.78, 5) is 12.0. The molecule has 4 heteroatoms. The normalized spacial score (nSPS) is 18.5. The fourth-order valence-corrected chi connectivity index (χ4v) is 3.14. The highest BCUT2D eigenvalue weighted by Crippen LogP contribution is 2.27. The van der Waals surface area contributed by atoms with Gasteiger partial charge in [0.1, 0.15) is 5.82 Å². The third kappa shape index (κ3) is 4.25. The first-order chi connectivity index (χ1) is 11.4. The van der Waals surface area contributed by atoms with Crippen LogP contribution in [-0.4, -0.2) is 28.6 Å². The molecule has 1 atom stereocenters. The van der Waals surface area contributed by atoms with Gasteiger partial charge in [-0.05, 0) is 39.5 Å². The fraction of sp³-hybridized carbons (Fsp3) is 0.500. The SMILES string of the molecule is CC1CCCN(c2cc(-c3ccccc3)nc(NC(C)(C)C)n2)C1. The minimum atomic E-state index is -0.0677. The Bertz CT molecular complexity index is 676. The third-order valence-electron chi connectivity index (χ3n) is 4.25. The average molecular weight is 324 g/mol. The lowest BCUT2D eigenvalue weighted by atomic mass is 10.0. The smallest absolute Gasteiger partial charge is 0.225 e. The minimum Gasteiger partial charge on any atom is -0.356 e. The van der Waals surface area contributed by atoms with Crippen LogP contribution in [0.5, 0.6) is 0 Å².